The molecule has 0 bridgehead atoms. The summed E-state index contributed by atoms with van der Waals surface area (Å²) >= 11 is 8.77. The van der Waals surface area contributed by atoms with E-state index in [-0.39, 0.29) is 0 Å². The van der Waals surface area contributed by atoms with Crippen LogP contribution in [0.4, 0.5) is 11.4 Å². The van der Waals surface area contributed by atoms with E-state index in [0.717, 1.165) is 30.8 Å². The summed E-state index contributed by atoms with van der Waals surface area (Å²) in [6, 6.07) is 10.2. The van der Waals surface area contributed by atoms with Crippen LogP contribution >= 0.6 is 43.6 Å². The minimum Gasteiger partial charge on any atom is -0.353 e. The number of hydrogen-bond donors (Lipinski definition) is 2. The third-order valence-electron chi connectivity index (χ3n) is 3.08. The Hall–Kier alpha value is -1.38. The number of aromatic nitrogens is 4. The van der Waals surface area contributed by atoms with Gasteiger partial charge in [-0.2, -0.15) is 5.21 Å². The maximum atomic E-state index is 4.08. The molecule has 0 fully saturated rings. The van der Waals surface area contributed by atoms with Crippen molar-refractivity contribution in [2.45, 2.75) is 9.79 Å². The van der Waals surface area contributed by atoms with E-state index in [4.69, 9.17) is 0 Å². The molecule has 3 aromatic rings. The van der Waals surface area contributed by atoms with Gasteiger partial charge in [-0.3, -0.25) is 0 Å². The van der Waals surface area contributed by atoms with E-state index in [9.17, 15) is 0 Å². The smallest absolute Gasteiger partial charge is 0.206 e. The van der Waals surface area contributed by atoms with Crippen LogP contribution < -0.4 is 5.32 Å². The van der Waals surface area contributed by atoms with Crippen LogP contribution in [-0.4, -0.2) is 20.6 Å². The number of tetrazole rings is 1. The van der Waals surface area contributed by atoms with E-state index in [1.165, 1.54) is 4.90 Å². The van der Waals surface area contributed by atoms with Gasteiger partial charge in [-0.1, -0.05) is 43.6 Å². The van der Waals surface area contributed by atoms with Gasteiger partial charge in [0, 0.05) is 24.3 Å². The molecule has 0 spiro atoms. The summed E-state index contributed by atoms with van der Waals surface area (Å²) in [7, 11) is 0. The number of halogens is 2. The fourth-order valence-electron chi connectivity index (χ4n) is 2.18. The number of aromatic amines is 1. The maximum absolute atomic E-state index is 4.08. The number of benzene rings is 2. The summed E-state index contributed by atoms with van der Waals surface area (Å²) < 4.78 is 2.04. The van der Waals surface area contributed by atoms with Crippen LogP contribution in [0, 0.1) is 0 Å². The SMILES string of the molecule is Brc1ccc2c(c1)Sc1cc(Br)cc(-c3nn[nH]n3)c1N2. The van der Waals surface area contributed by atoms with Crippen LogP contribution in [0.5, 0.6) is 0 Å². The molecule has 1 aromatic heterocycles. The molecule has 0 radical (unpaired) electrons. The van der Waals surface area contributed by atoms with Crippen molar-refractivity contribution in [2.75, 3.05) is 5.32 Å². The van der Waals surface area contributed by atoms with Crippen LogP contribution in [0.2, 0.25) is 0 Å². The van der Waals surface area contributed by atoms with Crippen LogP contribution in [0.25, 0.3) is 11.4 Å². The fourth-order valence-corrected chi connectivity index (χ4v) is 4.40. The van der Waals surface area contributed by atoms with Crippen LogP contribution in [0.15, 0.2) is 49.1 Å². The molecule has 0 unspecified atom stereocenters. The lowest BCUT2D eigenvalue weighted by Crippen LogP contribution is -2.02. The predicted molar refractivity (Wildman–Crippen MR) is 88.9 cm³/mol. The van der Waals surface area contributed by atoms with E-state index in [1.807, 2.05) is 12.1 Å². The van der Waals surface area contributed by atoms with Gasteiger partial charge in [0.1, 0.15) is 0 Å². The Labute approximate surface area is 141 Å². The summed E-state index contributed by atoms with van der Waals surface area (Å²) in [5, 5.41) is 17.8. The highest BCUT2D eigenvalue weighted by atomic mass is 79.9. The Kier molecular flexibility index (Phi) is 3.24. The second-order valence-electron chi connectivity index (χ2n) is 4.43. The van der Waals surface area contributed by atoms with Gasteiger partial charge in [-0.15, -0.1) is 10.2 Å². The molecule has 0 saturated carbocycles. The summed E-state index contributed by atoms with van der Waals surface area (Å²) in [4.78, 5) is 2.30. The highest BCUT2D eigenvalue weighted by Gasteiger charge is 2.22. The molecule has 2 N–H and O–H groups in total. The first-order chi connectivity index (χ1) is 10.2. The number of H-pyrrole nitrogens is 1. The quantitative estimate of drug-likeness (QED) is 0.467. The molecular formula is C13H7Br2N5S. The van der Waals surface area contributed by atoms with E-state index >= 15 is 0 Å². The van der Waals surface area contributed by atoms with Crippen molar-refractivity contribution in [1.29, 1.82) is 0 Å². The lowest BCUT2D eigenvalue weighted by molar-refractivity contribution is 0.881. The van der Waals surface area contributed by atoms with Crippen LogP contribution in [0.1, 0.15) is 0 Å². The Morgan fingerprint density at radius 2 is 1.86 bits per heavy atom. The van der Waals surface area contributed by atoms with E-state index in [0.29, 0.717) is 5.82 Å². The zero-order valence-electron chi connectivity index (χ0n) is 10.4. The third kappa shape index (κ3) is 2.37. The number of anilines is 2. The monoisotopic (exact) mass is 423 g/mol. The molecule has 2 aromatic carbocycles. The predicted octanol–water partition coefficient (Wildman–Crippen LogP) is 4.60. The number of hydrogen-bond acceptors (Lipinski definition) is 5. The number of fused-ring (bicyclic) bond motifs is 2. The Balaban J connectivity index is 1.89. The molecule has 8 heteroatoms. The molecule has 1 aliphatic rings. The first-order valence-corrected chi connectivity index (χ1v) is 8.43. The van der Waals surface area contributed by atoms with Gasteiger partial charge < -0.3 is 5.32 Å². The highest BCUT2D eigenvalue weighted by molar-refractivity contribution is 9.10. The molecular weight excluding hydrogens is 418 g/mol. The van der Waals surface area contributed by atoms with Crippen molar-refractivity contribution in [1.82, 2.24) is 20.6 Å². The first kappa shape index (κ1) is 13.3. The van der Waals surface area contributed by atoms with Gasteiger partial charge in [0.2, 0.25) is 5.82 Å². The molecule has 0 saturated heterocycles. The minimum atomic E-state index is 0.571. The van der Waals surface area contributed by atoms with Gasteiger partial charge >= 0.3 is 0 Å². The Morgan fingerprint density at radius 1 is 1.00 bits per heavy atom. The lowest BCUT2D eigenvalue weighted by Gasteiger charge is -2.23. The normalized spacial score (nSPS) is 12.5. The van der Waals surface area contributed by atoms with Crippen molar-refractivity contribution in [3.05, 3.63) is 39.3 Å². The molecule has 1 aliphatic heterocycles. The Bertz CT molecular complexity index is 835. The van der Waals surface area contributed by atoms with Crippen molar-refractivity contribution in [3.63, 3.8) is 0 Å². The number of nitrogens with one attached hydrogen (secondary N) is 2. The zero-order chi connectivity index (χ0) is 14.4. The molecule has 2 heterocycles. The van der Waals surface area contributed by atoms with E-state index in [2.05, 4.69) is 76.0 Å². The average molecular weight is 425 g/mol. The van der Waals surface area contributed by atoms with Crippen molar-refractivity contribution in [2.24, 2.45) is 0 Å². The first-order valence-electron chi connectivity index (χ1n) is 6.02. The van der Waals surface area contributed by atoms with Gasteiger partial charge in [0.05, 0.1) is 11.4 Å². The van der Waals surface area contributed by atoms with Gasteiger partial charge in [-0.25, -0.2) is 0 Å². The molecule has 21 heavy (non-hydrogen) atoms. The Morgan fingerprint density at radius 3 is 2.67 bits per heavy atom. The minimum absolute atomic E-state index is 0.571. The fraction of sp³-hybridized carbons (Fsp3) is 0. The van der Waals surface area contributed by atoms with Crippen LogP contribution in [0.3, 0.4) is 0 Å². The number of nitrogens with zero attached hydrogens (tertiary/aromatic N) is 3. The summed E-state index contributed by atoms with van der Waals surface area (Å²) in [6.07, 6.45) is 0. The van der Waals surface area contributed by atoms with Crippen molar-refractivity contribution < 1.29 is 0 Å². The third-order valence-corrected chi connectivity index (χ3v) is 5.13. The average Bonchev–Trinajstić information content (AvgIpc) is 2.98. The summed E-state index contributed by atoms with van der Waals surface area (Å²) in [5.41, 5.74) is 2.98. The molecule has 0 amide bonds. The zero-order valence-corrected chi connectivity index (χ0v) is 14.4. The molecule has 4 rings (SSSR count). The number of rotatable bonds is 1. The largest absolute Gasteiger partial charge is 0.353 e. The second kappa shape index (κ2) is 5.11. The second-order valence-corrected chi connectivity index (χ2v) is 7.34. The van der Waals surface area contributed by atoms with Crippen molar-refractivity contribution >= 4 is 55.0 Å². The van der Waals surface area contributed by atoms with Gasteiger partial charge in [0.25, 0.3) is 0 Å². The summed E-state index contributed by atoms with van der Waals surface area (Å²) in [5.74, 6) is 0.571. The molecule has 104 valence electrons. The van der Waals surface area contributed by atoms with Crippen LogP contribution in [-0.2, 0) is 0 Å². The standard InChI is InChI=1S/C13H7Br2N5S/c14-6-1-2-9-10(4-6)21-11-5-7(15)3-8(12(11)16-9)13-17-19-20-18-13/h1-5,16H,(H,17,18,19,20). The molecule has 0 aliphatic carbocycles. The van der Waals surface area contributed by atoms with Gasteiger partial charge in [-0.05, 0) is 35.5 Å². The summed E-state index contributed by atoms with van der Waals surface area (Å²) in [6.45, 7) is 0. The van der Waals surface area contributed by atoms with E-state index < -0.39 is 0 Å². The molecule has 5 nitrogen and oxygen atoms in total. The van der Waals surface area contributed by atoms with E-state index in [1.54, 1.807) is 11.8 Å². The molecule has 0 atom stereocenters. The van der Waals surface area contributed by atoms with Gasteiger partial charge in [0.15, 0.2) is 0 Å². The lowest BCUT2D eigenvalue weighted by atomic mass is 10.1. The van der Waals surface area contributed by atoms with Crippen molar-refractivity contribution in [3.8, 4) is 11.4 Å². The topological polar surface area (TPSA) is 66.5 Å². The highest BCUT2D eigenvalue weighted by Crippen LogP contribution is 2.49. The maximum Gasteiger partial charge on any atom is 0.206 e.